The zero-order valence-corrected chi connectivity index (χ0v) is 16.0. The molecule has 1 unspecified atom stereocenters. The van der Waals surface area contributed by atoms with Gasteiger partial charge in [0, 0.05) is 12.6 Å². The number of rotatable bonds is 5. The van der Waals surface area contributed by atoms with Crippen molar-refractivity contribution in [2.24, 2.45) is 23.2 Å². The Balaban J connectivity index is 1.33. The lowest BCUT2D eigenvalue weighted by atomic mass is 9.48. The lowest BCUT2D eigenvalue weighted by molar-refractivity contribution is -0.175. The van der Waals surface area contributed by atoms with Gasteiger partial charge in [-0.25, -0.2) is 4.79 Å². The molecule has 4 aliphatic carbocycles. The molecule has 29 heavy (non-hydrogen) atoms. The van der Waals surface area contributed by atoms with Gasteiger partial charge >= 0.3 is 18.2 Å². The Labute approximate surface area is 167 Å². The number of halogens is 3. The lowest BCUT2D eigenvalue weighted by Crippen LogP contribution is -2.61. The van der Waals surface area contributed by atoms with Crippen LogP contribution in [0.1, 0.15) is 37.7 Å². The first-order chi connectivity index (χ1) is 13.7. The average molecular weight is 410 g/mol. The molecule has 4 saturated carbocycles. The number of benzene rings is 1. The molecule has 5 rings (SSSR count). The topological polar surface area (TPSA) is 67.4 Å². The predicted molar refractivity (Wildman–Crippen MR) is 98.6 cm³/mol. The maximum absolute atomic E-state index is 12.5. The van der Waals surface area contributed by atoms with Crippen molar-refractivity contribution in [3.63, 3.8) is 0 Å². The summed E-state index contributed by atoms with van der Waals surface area (Å²) in [5.74, 6) is -0.984. The third-order valence-electron chi connectivity index (χ3n) is 6.78. The predicted octanol–water partition coefficient (Wildman–Crippen LogP) is 3.79. The van der Waals surface area contributed by atoms with E-state index < -0.39 is 18.2 Å². The van der Waals surface area contributed by atoms with Crippen LogP contribution in [0.5, 0.6) is 0 Å². The van der Waals surface area contributed by atoms with E-state index >= 15 is 0 Å². The molecule has 8 heteroatoms. The molecule has 0 heterocycles. The van der Waals surface area contributed by atoms with E-state index in [1.54, 1.807) is 0 Å². The highest BCUT2D eigenvalue weighted by atomic mass is 19.4. The largest absolute Gasteiger partial charge is 0.471 e. The Bertz CT molecular complexity index is 752. The van der Waals surface area contributed by atoms with E-state index in [4.69, 9.17) is 4.74 Å². The highest BCUT2D eigenvalue weighted by molar-refractivity contribution is 5.81. The third kappa shape index (κ3) is 4.36. The van der Waals surface area contributed by atoms with Crippen molar-refractivity contribution in [2.45, 2.75) is 50.9 Å². The van der Waals surface area contributed by atoms with Gasteiger partial charge in [0.05, 0.1) is 0 Å². The molecule has 0 aliphatic heterocycles. The maximum Gasteiger partial charge on any atom is 0.471 e. The second-order valence-electron chi connectivity index (χ2n) is 8.88. The Morgan fingerprint density at radius 2 is 1.72 bits per heavy atom. The molecule has 1 aromatic rings. The van der Waals surface area contributed by atoms with Gasteiger partial charge in [-0.2, -0.15) is 13.2 Å². The molecule has 158 valence electrons. The Morgan fingerprint density at radius 1 is 1.07 bits per heavy atom. The highest BCUT2D eigenvalue weighted by Crippen LogP contribution is 2.59. The van der Waals surface area contributed by atoms with Crippen molar-refractivity contribution in [1.29, 1.82) is 0 Å². The summed E-state index contributed by atoms with van der Waals surface area (Å²) < 4.78 is 43.0. The molecule has 0 saturated heterocycles. The number of ether oxygens (including phenoxy) is 1. The first kappa shape index (κ1) is 20.0. The minimum atomic E-state index is -4.85. The second-order valence-corrected chi connectivity index (χ2v) is 8.88. The number of carbonyl (C=O) groups is 2. The smallest absolute Gasteiger partial charge is 0.445 e. The van der Waals surface area contributed by atoms with E-state index in [0.29, 0.717) is 5.92 Å². The fourth-order valence-electron chi connectivity index (χ4n) is 5.91. The van der Waals surface area contributed by atoms with Gasteiger partial charge in [-0.05, 0) is 60.8 Å². The van der Waals surface area contributed by atoms with Gasteiger partial charge in [0.25, 0.3) is 0 Å². The van der Waals surface area contributed by atoms with Crippen molar-refractivity contribution in [3.8, 4) is 0 Å². The zero-order chi connectivity index (χ0) is 20.6. The van der Waals surface area contributed by atoms with E-state index in [1.165, 1.54) is 0 Å². The van der Waals surface area contributed by atoms with Crippen LogP contribution < -0.4 is 10.6 Å². The third-order valence-corrected chi connectivity index (χ3v) is 6.78. The average Bonchev–Trinajstić information content (AvgIpc) is 2.67. The van der Waals surface area contributed by atoms with Gasteiger partial charge in [-0.15, -0.1) is 0 Å². The van der Waals surface area contributed by atoms with Crippen LogP contribution in [0.15, 0.2) is 30.3 Å². The van der Waals surface area contributed by atoms with Crippen LogP contribution in [0.3, 0.4) is 0 Å². The van der Waals surface area contributed by atoms with Crippen molar-refractivity contribution < 1.29 is 27.5 Å². The van der Waals surface area contributed by atoms with Crippen LogP contribution in [0.4, 0.5) is 18.0 Å². The van der Waals surface area contributed by atoms with Crippen LogP contribution in [0, 0.1) is 23.2 Å². The summed E-state index contributed by atoms with van der Waals surface area (Å²) >= 11 is 0. The molecule has 0 spiro atoms. The van der Waals surface area contributed by atoms with Crippen LogP contribution in [-0.2, 0) is 16.1 Å². The SMILES string of the molecule is O=C(N[C@@H]1[C@@H]2CC3C[C@H]1C[C@@](CNC(=O)C(F)(F)F)(C3)C2)OCc1ccccc1. The molecule has 2 amide bonds. The Morgan fingerprint density at radius 3 is 2.34 bits per heavy atom. The second kappa shape index (κ2) is 7.54. The summed E-state index contributed by atoms with van der Waals surface area (Å²) in [6, 6.07) is 9.41. The van der Waals surface area contributed by atoms with E-state index in [-0.39, 0.29) is 36.4 Å². The molecular weight excluding hydrogens is 385 g/mol. The Kier molecular flexibility index (Phi) is 5.21. The fourth-order valence-corrected chi connectivity index (χ4v) is 5.91. The van der Waals surface area contributed by atoms with E-state index in [2.05, 4.69) is 10.6 Å². The van der Waals surface area contributed by atoms with Crippen LogP contribution in [0.2, 0.25) is 0 Å². The molecule has 5 nitrogen and oxygen atoms in total. The van der Waals surface area contributed by atoms with Gasteiger partial charge in [0.2, 0.25) is 0 Å². The van der Waals surface area contributed by atoms with E-state index in [0.717, 1.165) is 37.7 Å². The van der Waals surface area contributed by atoms with Crippen LogP contribution in [0.25, 0.3) is 0 Å². The zero-order valence-electron chi connectivity index (χ0n) is 16.0. The van der Waals surface area contributed by atoms with E-state index in [1.807, 2.05) is 30.3 Å². The molecular formula is C21H25F3N2O3. The number of alkyl carbamates (subject to hydrolysis) is 1. The molecule has 4 bridgehead atoms. The minimum absolute atomic E-state index is 0.0127. The van der Waals surface area contributed by atoms with Crippen molar-refractivity contribution >= 4 is 12.0 Å². The lowest BCUT2D eigenvalue weighted by Gasteiger charge is -2.60. The number of nitrogens with one attached hydrogen (secondary N) is 2. The summed E-state index contributed by atoms with van der Waals surface area (Å²) in [7, 11) is 0. The van der Waals surface area contributed by atoms with Gasteiger partial charge in [0.15, 0.2) is 0 Å². The summed E-state index contributed by atoms with van der Waals surface area (Å²) in [5, 5.41) is 5.11. The van der Waals surface area contributed by atoms with E-state index in [9.17, 15) is 22.8 Å². The number of carbonyl (C=O) groups excluding carboxylic acids is 2. The molecule has 4 aliphatic rings. The first-order valence-electron chi connectivity index (χ1n) is 10.1. The quantitative estimate of drug-likeness (QED) is 0.776. The monoisotopic (exact) mass is 410 g/mol. The van der Waals surface area contributed by atoms with Crippen molar-refractivity contribution in [3.05, 3.63) is 35.9 Å². The normalized spacial score (nSPS) is 32.7. The summed E-state index contributed by atoms with van der Waals surface area (Å²) in [5.41, 5.74) is 0.621. The van der Waals surface area contributed by atoms with Crippen LogP contribution >= 0.6 is 0 Å². The standard InChI is InChI=1S/C21H25F3N2O3/c22-21(23,24)18(27)25-12-20-8-14-6-15(9-20)17(16(7-14)10-20)26-19(28)29-11-13-4-2-1-3-5-13/h1-5,14-17H,6-12H2,(H,25,27)(H,26,28)/t14?,15-,16+,17-,20-. The number of hydrogen-bond acceptors (Lipinski definition) is 3. The van der Waals surface area contributed by atoms with Crippen molar-refractivity contribution in [1.82, 2.24) is 10.6 Å². The fraction of sp³-hybridized carbons (Fsp3) is 0.619. The number of hydrogen-bond donors (Lipinski definition) is 2. The Hall–Kier alpha value is -2.25. The molecule has 5 atom stereocenters. The van der Waals surface area contributed by atoms with Crippen LogP contribution in [-0.4, -0.2) is 30.8 Å². The molecule has 4 fully saturated rings. The van der Waals surface area contributed by atoms with Gasteiger partial charge in [-0.3, -0.25) is 4.79 Å². The maximum atomic E-state index is 12.5. The summed E-state index contributed by atoms with van der Waals surface area (Å²) in [6.07, 6.45) is -1.07. The summed E-state index contributed by atoms with van der Waals surface area (Å²) in [6.45, 7) is 0.255. The first-order valence-corrected chi connectivity index (χ1v) is 10.1. The summed E-state index contributed by atoms with van der Waals surface area (Å²) in [4.78, 5) is 23.5. The molecule has 2 N–H and O–H groups in total. The molecule has 0 radical (unpaired) electrons. The van der Waals surface area contributed by atoms with Crippen molar-refractivity contribution in [2.75, 3.05) is 6.54 Å². The molecule has 1 aromatic carbocycles. The minimum Gasteiger partial charge on any atom is -0.445 e. The van der Waals surface area contributed by atoms with Gasteiger partial charge in [-0.1, -0.05) is 30.3 Å². The number of amides is 2. The molecule has 0 aromatic heterocycles. The number of alkyl halides is 3. The van der Waals surface area contributed by atoms with Gasteiger partial charge in [0.1, 0.15) is 6.61 Å². The highest BCUT2D eigenvalue weighted by Gasteiger charge is 2.56. The van der Waals surface area contributed by atoms with Gasteiger partial charge < -0.3 is 15.4 Å².